The van der Waals surface area contributed by atoms with E-state index >= 15 is 0 Å². The molecule has 2 atom stereocenters. The Morgan fingerprint density at radius 1 is 1.23 bits per heavy atom. The molecule has 0 spiro atoms. The number of pyridine rings is 1. The van der Waals surface area contributed by atoms with E-state index in [0.717, 1.165) is 22.5 Å². The number of benzene rings is 1. The fourth-order valence-electron chi connectivity index (χ4n) is 3.75. The first-order valence-corrected chi connectivity index (χ1v) is 9.93. The standard InChI is InChI=1S/C22H25N5O3/c1-14-20(16-6-8-23-9-7-16)25-22(26-21(14)29)27-10-11-30-19(13-27)17-4-3-5-18(12-17)24-15(2)28/h3-9,12,19,22,25H,10-11,13H2,1-2H3,(H,24,28)(H,26,29)/t19-,22?/m1/s1. The Balaban J connectivity index is 1.51. The van der Waals surface area contributed by atoms with Crippen molar-refractivity contribution >= 4 is 23.2 Å². The SMILES string of the molecule is CC(=O)Nc1cccc([C@H]2CN(C3NC(=O)C(C)=C(c4ccncc4)N3)CCO2)c1. The second-order valence-electron chi connectivity index (χ2n) is 7.42. The molecule has 3 N–H and O–H groups in total. The van der Waals surface area contributed by atoms with E-state index in [1.807, 2.05) is 43.3 Å². The quantitative estimate of drug-likeness (QED) is 0.716. The minimum atomic E-state index is -0.339. The maximum absolute atomic E-state index is 12.6. The number of morpholine rings is 1. The zero-order chi connectivity index (χ0) is 21.1. The lowest BCUT2D eigenvalue weighted by atomic mass is 10.0. The van der Waals surface area contributed by atoms with Gasteiger partial charge in [-0.3, -0.25) is 19.5 Å². The highest BCUT2D eigenvalue weighted by molar-refractivity contribution is 6.01. The highest BCUT2D eigenvalue weighted by Gasteiger charge is 2.32. The molecule has 2 aliphatic heterocycles. The monoisotopic (exact) mass is 407 g/mol. The third-order valence-electron chi connectivity index (χ3n) is 5.28. The first-order valence-electron chi connectivity index (χ1n) is 9.93. The van der Waals surface area contributed by atoms with Crippen LogP contribution in [0.15, 0.2) is 54.4 Å². The van der Waals surface area contributed by atoms with Crippen LogP contribution >= 0.6 is 0 Å². The van der Waals surface area contributed by atoms with E-state index in [1.54, 1.807) is 12.4 Å². The summed E-state index contributed by atoms with van der Waals surface area (Å²) in [5, 5.41) is 9.30. The number of anilines is 1. The second-order valence-corrected chi connectivity index (χ2v) is 7.42. The van der Waals surface area contributed by atoms with Gasteiger partial charge in [-0.2, -0.15) is 0 Å². The van der Waals surface area contributed by atoms with Crippen LogP contribution in [0.5, 0.6) is 0 Å². The normalized spacial score (nSPS) is 22.3. The molecule has 2 aliphatic rings. The number of nitrogens with zero attached hydrogens (tertiary/aromatic N) is 2. The van der Waals surface area contributed by atoms with E-state index in [0.29, 0.717) is 25.3 Å². The van der Waals surface area contributed by atoms with Crippen molar-refractivity contribution in [2.24, 2.45) is 0 Å². The molecule has 4 rings (SSSR count). The van der Waals surface area contributed by atoms with Gasteiger partial charge in [-0.05, 0) is 36.8 Å². The molecule has 30 heavy (non-hydrogen) atoms. The van der Waals surface area contributed by atoms with Gasteiger partial charge >= 0.3 is 0 Å². The summed E-state index contributed by atoms with van der Waals surface area (Å²) in [7, 11) is 0. The molecule has 0 saturated carbocycles. The number of nitrogens with one attached hydrogen (secondary N) is 3. The first-order chi connectivity index (χ1) is 14.5. The Labute approximate surface area is 175 Å². The Hall–Kier alpha value is -3.23. The number of hydrogen-bond acceptors (Lipinski definition) is 6. The fraction of sp³-hybridized carbons (Fsp3) is 0.318. The van der Waals surface area contributed by atoms with Crippen LogP contribution in [0.3, 0.4) is 0 Å². The number of aromatic nitrogens is 1. The van der Waals surface area contributed by atoms with Crippen molar-refractivity contribution in [1.82, 2.24) is 20.5 Å². The maximum Gasteiger partial charge on any atom is 0.251 e. The molecule has 0 radical (unpaired) electrons. The first kappa shape index (κ1) is 20.1. The molecule has 1 saturated heterocycles. The average molecular weight is 407 g/mol. The molecular formula is C22H25N5O3. The van der Waals surface area contributed by atoms with Crippen molar-refractivity contribution in [3.63, 3.8) is 0 Å². The predicted octanol–water partition coefficient (Wildman–Crippen LogP) is 1.85. The highest BCUT2D eigenvalue weighted by Crippen LogP contribution is 2.27. The highest BCUT2D eigenvalue weighted by atomic mass is 16.5. The summed E-state index contributed by atoms with van der Waals surface area (Å²) in [4.78, 5) is 30.2. The summed E-state index contributed by atoms with van der Waals surface area (Å²) in [5.41, 5.74) is 4.10. The minimum absolute atomic E-state index is 0.0961. The average Bonchev–Trinajstić information content (AvgIpc) is 2.76. The predicted molar refractivity (Wildman–Crippen MR) is 113 cm³/mol. The van der Waals surface area contributed by atoms with Gasteiger partial charge in [0.25, 0.3) is 5.91 Å². The van der Waals surface area contributed by atoms with Crippen LogP contribution in [0.25, 0.3) is 5.70 Å². The molecule has 8 heteroatoms. The molecule has 156 valence electrons. The van der Waals surface area contributed by atoms with Gasteiger partial charge in [0.05, 0.1) is 18.4 Å². The molecule has 1 aromatic heterocycles. The Bertz CT molecular complexity index is 976. The number of carbonyl (C=O) groups is 2. The lowest BCUT2D eigenvalue weighted by Crippen LogP contribution is -2.61. The summed E-state index contributed by atoms with van der Waals surface area (Å²) in [6.45, 7) is 5.12. The number of carbonyl (C=O) groups excluding carboxylic acids is 2. The van der Waals surface area contributed by atoms with Crippen molar-refractivity contribution in [3.05, 3.63) is 65.5 Å². The third-order valence-corrected chi connectivity index (χ3v) is 5.28. The second kappa shape index (κ2) is 8.64. The van der Waals surface area contributed by atoms with E-state index in [9.17, 15) is 9.59 Å². The zero-order valence-electron chi connectivity index (χ0n) is 17.0. The van der Waals surface area contributed by atoms with Crippen molar-refractivity contribution in [3.8, 4) is 0 Å². The van der Waals surface area contributed by atoms with Crippen molar-refractivity contribution in [2.75, 3.05) is 25.0 Å². The smallest absolute Gasteiger partial charge is 0.251 e. The Morgan fingerprint density at radius 2 is 2.03 bits per heavy atom. The summed E-state index contributed by atoms with van der Waals surface area (Å²) in [6.07, 6.45) is 2.92. The zero-order valence-corrected chi connectivity index (χ0v) is 17.0. The number of amides is 2. The molecule has 0 bridgehead atoms. The van der Waals surface area contributed by atoms with Crippen LogP contribution in [0.4, 0.5) is 5.69 Å². The number of rotatable bonds is 4. The molecule has 1 aromatic carbocycles. The summed E-state index contributed by atoms with van der Waals surface area (Å²) >= 11 is 0. The molecule has 1 unspecified atom stereocenters. The van der Waals surface area contributed by atoms with Gasteiger partial charge in [0, 0.05) is 49.2 Å². The largest absolute Gasteiger partial charge is 0.371 e. The molecule has 2 aromatic rings. The van der Waals surface area contributed by atoms with E-state index < -0.39 is 0 Å². The Kier molecular flexibility index (Phi) is 5.78. The van der Waals surface area contributed by atoms with Crippen LogP contribution in [0.1, 0.15) is 31.1 Å². The topological polar surface area (TPSA) is 95.6 Å². The Morgan fingerprint density at radius 3 is 2.80 bits per heavy atom. The molecule has 3 heterocycles. The van der Waals surface area contributed by atoms with Gasteiger partial charge in [-0.25, -0.2) is 0 Å². The van der Waals surface area contributed by atoms with Crippen molar-refractivity contribution in [1.29, 1.82) is 0 Å². The van der Waals surface area contributed by atoms with Gasteiger partial charge in [0.1, 0.15) is 0 Å². The molecule has 1 fully saturated rings. The molecule has 8 nitrogen and oxygen atoms in total. The third kappa shape index (κ3) is 4.34. The van der Waals surface area contributed by atoms with Crippen LogP contribution in [0.2, 0.25) is 0 Å². The van der Waals surface area contributed by atoms with Gasteiger partial charge < -0.3 is 20.7 Å². The minimum Gasteiger partial charge on any atom is -0.371 e. The molecular weight excluding hydrogens is 382 g/mol. The van der Waals surface area contributed by atoms with E-state index in [2.05, 4.69) is 25.8 Å². The van der Waals surface area contributed by atoms with Crippen LogP contribution in [-0.4, -0.2) is 47.7 Å². The van der Waals surface area contributed by atoms with Crippen LogP contribution in [-0.2, 0) is 14.3 Å². The fourth-order valence-corrected chi connectivity index (χ4v) is 3.75. The lowest BCUT2D eigenvalue weighted by Gasteiger charge is -2.41. The van der Waals surface area contributed by atoms with E-state index in [1.165, 1.54) is 6.92 Å². The summed E-state index contributed by atoms with van der Waals surface area (Å²) in [5.74, 6) is -0.209. The van der Waals surface area contributed by atoms with Gasteiger partial charge in [-0.15, -0.1) is 0 Å². The van der Waals surface area contributed by atoms with Crippen LogP contribution in [0, 0.1) is 0 Å². The summed E-state index contributed by atoms with van der Waals surface area (Å²) < 4.78 is 5.99. The van der Waals surface area contributed by atoms with Gasteiger partial charge in [-0.1, -0.05) is 12.1 Å². The number of ether oxygens (including phenoxy) is 1. The van der Waals surface area contributed by atoms with E-state index in [-0.39, 0.29) is 24.2 Å². The molecule has 2 amide bonds. The maximum atomic E-state index is 12.6. The number of hydrogen-bond donors (Lipinski definition) is 3. The van der Waals surface area contributed by atoms with Crippen LogP contribution < -0.4 is 16.0 Å². The van der Waals surface area contributed by atoms with Crippen molar-refractivity contribution < 1.29 is 14.3 Å². The van der Waals surface area contributed by atoms with Gasteiger partial charge in [0.15, 0.2) is 6.29 Å². The lowest BCUT2D eigenvalue weighted by molar-refractivity contribution is -0.122. The van der Waals surface area contributed by atoms with E-state index in [4.69, 9.17) is 4.74 Å². The molecule has 0 aliphatic carbocycles. The summed E-state index contributed by atoms with van der Waals surface area (Å²) in [6, 6.07) is 11.4. The van der Waals surface area contributed by atoms with Crippen molar-refractivity contribution in [2.45, 2.75) is 26.2 Å². The van der Waals surface area contributed by atoms with Gasteiger partial charge in [0.2, 0.25) is 5.91 Å².